The topological polar surface area (TPSA) is 50.7 Å². The summed E-state index contributed by atoms with van der Waals surface area (Å²) in [5.41, 5.74) is 2.29. The number of benzene rings is 1. The zero-order valence-electron chi connectivity index (χ0n) is 12.8. The molecule has 1 aromatic carbocycles. The molecule has 0 aromatic heterocycles. The molecule has 0 amide bonds. The van der Waals surface area contributed by atoms with Crippen molar-refractivity contribution in [1.29, 1.82) is 0 Å². The second-order valence-corrected chi connectivity index (χ2v) is 5.54. The third kappa shape index (κ3) is 3.44. The molecule has 0 fully saturated rings. The summed E-state index contributed by atoms with van der Waals surface area (Å²) in [6, 6.07) is 4.19. The largest absolute Gasteiger partial charge is 0.494 e. The summed E-state index contributed by atoms with van der Waals surface area (Å²) in [7, 11) is 0. The van der Waals surface area contributed by atoms with E-state index in [0.29, 0.717) is 13.2 Å². The van der Waals surface area contributed by atoms with Crippen molar-refractivity contribution in [1.82, 2.24) is 5.32 Å². The molecule has 3 unspecified atom stereocenters. The van der Waals surface area contributed by atoms with E-state index in [0.717, 1.165) is 23.5 Å². The lowest BCUT2D eigenvalue weighted by Gasteiger charge is -2.18. The van der Waals surface area contributed by atoms with E-state index >= 15 is 0 Å². The van der Waals surface area contributed by atoms with Gasteiger partial charge in [-0.3, -0.25) is 0 Å². The molecule has 1 aliphatic heterocycles. The zero-order chi connectivity index (χ0) is 14.7. The van der Waals surface area contributed by atoms with Crippen LogP contribution in [0, 0.1) is 0 Å². The molecule has 3 atom stereocenters. The molecule has 2 rings (SSSR count). The highest BCUT2D eigenvalue weighted by Crippen LogP contribution is 2.35. The fraction of sp³-hybridized carbons (Fsp3) is 0.625. The maximum absolute atomic E-state index is 9.54. The van der Waals surface area contributed by atoms with E-state index in [9.17, 15) is 5.11 Å². The molecular formula is C16H25NO3. The normalized spacial score (nSPS) is 20.1. The molecule has 112 valence electrons. The predicted octanol–water partition coefficient (Wildman–Crippen LogP) is 2.27. The number of hydrogen-bond acceptors (Lipinski definition) is 4. The number of ether oxygens (including phenoxy) is 2. The van der Waals surface area contributed by atoms with Crippen molar-refractivity contribution in [3.8, 4) is 11.5 Å². The van der Waals surface area contributed by atoms with Crippen LogP contribution in [0.3, 0.4) is 0 Å². The maximum atomic E-state index is 9.54. The third-order valence-electron chi connectivity index (χ3n) is 3.72. The quantitative estimate of drug-likeness (QED) is 0.838. The molecule has 0 radical (unpaired) electrons. The average Bonchev–Trinajstić information content (AvgIpc) is 2.74. The van der Waals surface area contributed by atoms with Gasteiger partial charge in [0.05, 0.1) is 12.7 Å². The molecule has 0 bridgehead atoms. The summed E-state index contributed by atoms with van der Waals surface area (Å²) in [5.74, 6) is 1.87. The Morgan fingerprint density at radius 3 is 2.85 bits per heavy atom. The van der Waals surface area contributed by atoms with Crippen LogP contribution < -0.4 is 14.8 Å². The number of nitrogens with one attached hydrogen (secondary N) is 1. The van der Waals surface area contributed by atoms with Crippen LogP contribution in [-0.2, 0) is 13.0 Å². The van der Waals surface area contributed by atoms with E-state index in [-0.39, 0.29) is 18.2 Å². The van der Waals surface area contributed by atoms with Gasteiger partial charge in [-0.1, -0.05) is 0 Å². The molecule has 0 aliphatic carbocycles. The first-order chi connectivity index (χ1) is 9.51. The molecule has 1 aromatic rings. The Morgan fingerprint density at radius 2 is 2.20 bits per heavy atom. The van der Waals surface area contributed by atoms with E-state index in [1.165, 1.54) is 5.56 Å². The first-order valence-electron chi connectivity index (χ1n) is 7.38. The van der Waals surface area contributed by atoms with Crippen molar-refractivity contribution in [2.75, 3.05) is 6.61 Å². The molecule has 1 heterocycles. The summed E-state index contributed by atoms with van der Waals surface area (Å²) >= 11 is 0. The average molecular weight is 279 g/mol. The van der Waals surface area contributed by atoms with E-state index in [1.54, 1.807) is 6.92 Å². The molecule has 0 spiro atoms. The third-order valence-corrected chi connectivity index (χ3v) is 3.72. The van der Waals surface area contributed by atoms with Gasteiger partial charge in [-0.15, -0.1) is 0 Å². The summed E-state index contributed by atoms with van der Waals surface area (Å²) in [5, 5.41) is 12.9. The Bertz CT molecular complexity index is 459. The van der Waals surface area contributed by atoms with Crippen LogP contribution in [0.15, 0.2) is 12.1 Å². The van der Waals surface area contributed by atoms with Gasteiger partial charge < -0.3 is 19.9 Å². The Hall–Kier alpha value is -1.26. The molecule has 2 N–H and O–H groups in total. The van der Waals surface area contributed by atoms with Gasteiger partial charge in [0.1, 0.15) is 17.6 Å². The van der Waals surface area contributed by atoms with Gasteiger partial charge in [-0.2, -0.15) is 0 Å². The minimum atomic E-state index is -0.378. The number of rotatable bonds is 6. The number of aliphatic hydroxyl groups is 1. The molecule has 1 aliphatic rings. The van der Waals surface area contributed by atoms with E-state index in [4.69, 9.17) is 9.47 Å². The minimum absolute atomic E-state index is 0.0394. The first kappa shape index (κ1) is 15.1. The fourth-order valence-corrected chi connectivity index (χ4v) is 2.35. The monoisotopic (exact) mass is 279 g/mol. The maximum Gasteiger partial charge on any atom is 0.124 e. The van der Waals surface area contributed by atoms with Crippen LogP contribution in [-0.4, -0.2) is 30.0 Å². The first-order valence-corrected chi connectivity index (χ1v) is 7.38. The van der Waals surface area contributed by atoms with Gasteiger partial charge in [0.25, 0.3) is 0 Å². The summed E-state index contributed by atoms with van der Waals surface area (Å²) < 4.78 is 11.5. The lowest BCUT2D eigenvalue weighted by Crippen LogP contribution is -2.35. The van der Waals surface area contributed by atoms with E-state index in [1.807, 2.05) is 13.8 Å². The summed E-state index contributed by atoms with van der Waals surface area (Å²) in [6.07, 6.45) is 0.794. The predicted molar refractivity (Wildman–Crippen MR) is 79.4 cm³/mol. The van der Waals surface area contributed by atoms with Crippen LogP contribution in [0.4, 0.5) is 0 Å². The van der Waals surface area contributed by atoms with Crippen LogP contribution in [0.2, 0.25) is 0 Å². The molecule has 4 nitrogen and oxygen atoms in total. The Kier molecular flexibility index (Phi) is 4.89. The molecular weight excluding hydrogens is 254 g/mol. The number of fused-ring (bicyclic) bond motifs is 1. The highest BCUT2D eigenvalue weighted by Gasteiger charge is 2.22. The van der Waals surface area contributed by atoms with Crippen molar-refractivity contribution in [3.05, 3.63) is 23.3 Å². The van der Waals surface area contributed by atoms with Crippen LogP contribution in [0.1, 0.15) is 38.8 Å². The van der Waals surface area contributed by atoms with E-state index < -0.39 is 0 Å². The van der Waals surface area contributed by atoms with Crippen molar-refractivity contribution >= 4 is 0 Å². The van der Waals surface area contributed by atoms with Gasteiger partial charge in [-0.05, 0) is 39.8 Å². The van der Waals surface area contributed by atoms with Crippen molar-refractivity contribution < 1.29 is 14.6 Å². The second-order valence-electron chi connectivity index (χ2n) is 5.54. The molecule has 0 saturated carbocycles. The number of hydrogen-bond donors (Lipinski definition) is 2. The molecule has 4 heteroatoms. The summed E-state index contributed by atoms with van der Waals surface area (Å²) in [4.78, 5) is 0. The van der Waals surface area contributed by atoms with Gasteiger partial charge >= 0.3 is 0 Å². The molecule has 20 heavy (non-hydrogen) atoms. The fourth-order valence-electron chi connectivity index (χ4n) is 2.35. The number of aliphatic hydroxyl groups excluding tert-OH is 1. The van der Waals surface area contributed by atoms with Gasteiger partial charge in [0, 0.05) is 30.1 Å². The van der Waals surface area contributed by atoms with Crippen molar-refractivity contribution in [2.45, 2.75) is 58.9 Å². The van der Waals surface area contributed by atoms with Crippen molar-refractivity contribution in [3.63, 3.8) is 0 Å². The van der Waals surface area contributed by atoms with Crippen molar-refractivity contribution in [2.24, 2.45) is 0 Å². The smallest absolute Gasteiger partial charge is 0.124 e. The Morgan fingerprint density at radius 1 is 1.45 bits per heavy atom. The van der Waals surface area contributed by atoms with Gasteiger partial charge in [-0.25, -0.2) is 0 Å². The minimum Gasteiger partial charge on any atom is -0.494 e. The highest BCUT2D eigenvalue weighted by atomic mass is 16.5. The standard InChI is InChI=1S/C16H25NO3/c1-5-19-15-7-13-6-10(2)20-16(13)8-14(15)9-17-11(3)12(4)18/h7-8,10-12,17-18H,5-6,9H2,1-4H3. The van der Waals surface area contributed by atoms with Crippen LogP contribution in [0.5, 0.6) is 11.5 Å². The zero-order valence-corrected chi connectivity index (χ0v) is 12.8. The summed E-state index contributed by atoms with van der Waals surface area (Å²) in [6.45, 7) is 9.13. The highest BCUT2D eigenvalue weighted by molar-refractivity contribution is 5.48. The van der Waals surface area contributed by atoms with Crippen LogP contribution in [0.25, 0.3) is 0 Å². The lowest BCUT2D eigenvalue weighted by atomic mass is 10.1. The van der Waals surface area contributed by atoms with E-state index in [2.05, 4.69) is 24.4 Å². The van der Waals surface area contributed by atoms with Crippen LogP contribution >= 0.6 is 0 Å². The van der Waals surface area contributed by atoms with Gasteiger partial charge in [0.15, 0.2) is 0 Å². The Balaban J connectivity index is 2.16. The lowest BCUT2D eigenvalue weighted by molar-refractivity contribution is 0.152. The second kappa shape index (κ2) is 6.46. The Labute approximate surface area is 121 Å². The van der Waals surface area contributed by atoms with Gasteiger partial charge in [0.2, 0.25) is 0 Å². The molecule has 0 saturated heterocycles. The SMILES string of the molecule is CCOc1cc2c(cc1CNC(C)C(C)O)OC(C)C2.